The summed E-state index contributed by atoms with van der Waals surface area (Å²) in [6, 6.07) is 3.90. The van der Waals surface area contributed by atoms with Gasteiger partial charge in [0, 0.05) is 0 Å². The molecule has 0 bridgehead atoms. The first-order valence-corrected chi connectivity index (χ1v) is 5.43. The lowest BCUT2D eigenvalue weighted by atomic mass is 10.1. The quantitative estimate of drug-likeness (QED) is 0.600. The Kier molecular flexibility index (Phi) is 3.37. The van der Waals surface area contributed by atoms with E-state index in [1.165, 1.54) is 6.07 Å². The van der Waals surface area contributed by atoms with Crippen LogP contribution < -0.4 is 0 Å². The van der Waals surface area contributed by atoms with E-state index in [0.717, 1.165) is 24.3 Å². The molecule has 1 aromatic carbocycles. The summed E-state index contributed by atoms with van der Waals surface area (Å²) >= 11 is 0. The Morgan fingerprint density at radius 2 is 1.81 bits per heavy atom. The van der Waals surface area contributed by atoms with E-state index in [1.54, 1.807) is 0 Å². The second-order valence-corrected chi connectivity index (χ2v) is 4.12. The van der Waals surface area contributed by atoms with Crippen LogP contribution in [0.15, 0.2) is 29.7 Å². The van der Waals surface area contributed by atoms with E-state index < -0.39 is 22.0 Å². The smallest absolute Gasteiger partial charge is 0.190 e. The molecular weight excluding hydrogens is 248 g/mol. The first-order valence-electron chi connectivity index (χ1n) is 3.98. The molecule has 0 aliphatic carbocycles. The maximum absolute atomic E-state index is 12.2. The molecule has 0 fully saturated rings. The summed E-state index contributed by atoms with van der Waals surface area (Å²) in [4.78, 5) is 0. The summed E-state index contributed by atoms with van der Waals surface area (Å²) in [7, 11) is -4.83. The molecule has 7 heteroatoms. The zero-order valence-corrected chi connectivity index (χ0v) is 8.52. The second kappa shape index (κ2) is 4.25. The van der Waals surface area contributed by atoms with E-state index >= 15 is 0 Å². The Bertz CT molecular complexity index is 502. The summed E-state index contributed by atoms with van der Waals surface area (Å²) < 4.78 is 69.0. The fourth-order valence-corrected chi connectivity index (χ4v) is 1.30. The predicted octanol–water partition coefficient (Wildman–Crippen LogP) is 2.98. The van der Waals surface area contributed by atoms with Gasteiger partial charge >= 0.3 is 16.4 Å². The summed E-state index contributed by atoms with van der Waals surface area (Å²) in [5, 5.41) is 0.197. The van der Waals surface area contributed by atoms with E-state index in [-0.39, 0.29) is 11.0 Å². The molecule has 0 saturated carbocycles. The fourth-order valence-electron chi connectivity index (χ4n) is 0.979. The fraction of sp³-hybridized carbons (Fsp3) is 0.111. The van der Waals surface area contributed by atoms with Crippen LogP contribution in [0, 0.1) is 0 Å². The molecule has 0 atom stereocenters. The van der Waals surface area contributed by atoms with Crippen LogP contribution in [-0.2, 0) is 16.4 Å². The standard InChI is InChI=1S/C9H6F4O2S/c10-9(11,12)8-3-1-2-7(6-8)4-5-16(13,14)15/h1-6H/b5-4+. The number of hydrogen-bond acceptors (Lipinski definition) is 2. The number of rotatable bonds is 2. The molecule has 0 saturated heterocycles. The van der Waals surface area contributed by atoms with Crippen molar-refractivity contribution in [3.63, 3.8) is 0 Å². The van der Waals surface area contributed by atoms with E-state index in [2.05, 4.69) is 0 Å². The van der Waals surface area contributed by atoms with Crippen LogP contribution >= 0.6 is 0 Å². The Morgan fingerprint density at radius 3 is 2.31 bits per heavy atom. The molecule has 88 valence electrons. The van der Waals surface area contributed by atoms with Gasteiger partial charge in [0.05, 0.1) is 11.0 Å². The lowest BCUT2D eigenvalue weighted by Gasteiger charge is -2.06. The maximum Gasteiger partial charge on any atom is 0.416 e. The zero-order chi connectivity index (χ0) is 12.4. The zero-order valence-electron chi connectivity index (χ0n) is 7.70. The molecular formula is C9H6F4O2S. The molecule has 0 aromatic heterocycles. The molecule has 0 radical (unpaired) electrons. The van der Waals surface area contributed by atoms with Gasteiger partial charge < -0.3 is 0 Å². The molecule has 0 aliphatic heterocycles. The van der Waals surface area contributed by atoms with Gasteiger partial charge in [-0.25, -0.2) is 0 Å². The summed E-state index contributed by atoms with van der Waals surface area (Å²) in [6.07, 6.45) is -3.76. The third-order valence-electron chi connectivity index (χ3n) is 1.64. The van der Waals surface area contributed by atoms with Crippen LogP contribution in [0.5, 0.6) is 0 Å². The molecule has 16 heavy (non-hydrogen) atoms. The monoisotopic (exact) mass is 254 g/mol. The van der Waals surface area contributed by atoms with Gasteiger partial charge in [-0.2, -0.15) is 21.6 Å². The normalized spacial score (nSPS) is 13.2. The van der Waals surface area contributed by atoms with Crippen molar-refractivity contribution in [3.8, 4) is 0 Å². The first-order chi connectivity index (χ1) is 7.18. The third-order valence-corrected chi connectivity index (χ3v) is 2.10. The highest BCUT2D eigenvalue weighted by molar-refractivity contribution is 7.89. The first kappa shape index (κ1) is 12.7. The van der Waals surface area contributed by atoms with Gasteiger partial charge in [0.25, 0.3) is 0 Å². The Labute approximate surface area is 89.4 Å². The van der Waals surface area contributed by atoms with Crippen LogP contribution in [0.25, 0.3) is 6.08 Å². The lowest BCUT2D eigenvalue weighted by molar-refractivity contribution is -0.137. The Hall–Kier alpha value is -1.37. The average Bonchev–Trinajstić information content (AvgIpc) is 2.13. The molecule has 0 unspecified atom stereocenters. The van der Waals surface area contributed by atoms with Gasteiger partial charge in [-0.05, 0) is 23.8 Å². The van der Waals surface area contributed by atoms with Crippen molar-refractivity contribution in [2.45, 2.75) is 6.18 Å². The average molecular weight is 254 g/mol. The SMILES string of the molecule is O=S(=O)(F)/C=C/c1cccc(C(F)(F)F)c1. The minimum absolute atomic E-state index is 0.0453. The van der Waals surface area contributed by atoms with Gasteiger partial charge in [-0.15, -0.1) is 3.89 Å². The van der Waals surface area contributed by atoms with E-state index in [1.807, 2.05) is 0 Å². The minimum Gasteiger partial charge on any atom is -0.190 e. The van der Waals surface area contributed by atoms with E-state index in [0.29, 0.717) is 0 Å². The van der Waals surface area contributed by atoms with Crippen molar-refractivity contribution in [2.24, 2.45) is 0 Å². The van der Waals surface area contributed by atoms with Crippen LogP contribution in [0.4, 0.5) is 17.1 Å². The van der Waals surface area contributed by atoms with Crippen molar-refractivity contribution in [2.75, 3.05) is 0 Å². The summed E-state index contributed by atoms with van der Waals surface area (Å²) in [6.45, 7) is 0. The van der Waals surface area contributed by atoms with Gasteiger partial charge in [-0.3, -0.25) is 0 Å². The summed E-state index contributed by atoms with van der Waals surface area (Å²) in [5.41, 5.74) is -0.970. The molecule has 2 nitrogen and oxygen atoms in total. The molecule has 0 spiro atoms. The minimum atomic E-state index is -4.83. The number of halogens is 4. The number of alkyl halides is 3. The second-order valence-electron chi connectivity index (χ2n) is 2.90. The molecule has 0 N–H and O–H groups in total. The van der Waals surface area contributed by atoms with Crippen molar-refractivity contribution in [3.05, 3.63) is 40.8 Å². The van der Waals surface area contributed by atoms with Crippen molar-refractivity contribution < 1.29 is 25.5 Å². The van der Waals surface area contributed by atoms with Crippen molar-refractivity contribution in [1.29, 1.82) is 0 Å². The predicted molar refractivity (Wildman–Crippen MR) is 50.5 cm³/mol. The highest BCUT2D eigenvalue weighted by atomic mass is 32.3. The van der Waals surface area contributed by atoms with Crippen LogP contribution in [0.2, 0.25) is 0 Å². The van der Waals surface area contributed by atoms with Crippen LogP contribution in [0.3, 0.4) is 0 Å². The topological polar surface area (TPSA) is 34.1 Å². The maximum atomic E-state index is 12.2. The van der Waals surface area contributed by atoms with Crippen LogP contribution in [0.1, 0.15) is 11.1 Å². The highest BCUT2D eigenvalue weighted by Crippen LogP contribution is 2.29. The third kappa shape index (κ3) is 4.01. The van der Waals surface area contributed by atoms with Gasteiger partial charge in [0.2, 0.25) is 0 Å². The highest BCUT2D eigenvalue weighted by Gasteiger charge is 2.30. The van der Waals surface area contributed by atoms with E-state index in [9.17, 15) is 25.5 Å². The molecule has 1 aromatic rings. The number of benzene rings is 1. The summed E-state index contributed by atoms with van der Waals surface area (Å²) in [5.74, 6) is 0. The molecule has 0 heterocycles. The van der Waals surface area contributed by atoms with E-state index in [4.69, 9.17) is 0 Å². The van der Waals surface area contributed by atoms with Gasteiger partial charge in [0.1, 0.15) is 0 Å². The largest absolute Gasteiger partial charge is 0.416 e. The van der Waals surface area contributed by atoms with Crippen LogP contribution in [-0.4, -0.2) is 8.42 Å². The molecule has 0 amide bonds. The Morgan fingerprint density at radius 1 is 1.19 bits per heavy atom. The van der Waals surface area contributed by atoms with Crippen molar-refractivity contribution >= 4 is 16.3 Å². The van der Waals surface area contributed by atoms with Gasteiger partial charge in [0.15, 0.2) is 0 Å². The Balaban J connectivity index is 3.05. The van der Waals surface area contributed by atoms with Crippen molar-refractivity contribution in [1.82, 2.24) is 0 Å². The lowest BCUT2D eigenvalue weighted by Crippen LogP contribution is -2.04. The van der Waals surface area contributed by atoms with Gasteiger partial charge in [-0.1, -0.05) is 12.1 Å². The molecule has 0 aliphatic rings. The number of hydrogen-bond donors (Lipinski definition) is 0. The molecule has 1 rings (SSSR count).